The first kappa shape index (κ1) is 21.0. The molecule has 0 radical (unpaired) electrons. The fourth-order valence-electron chi connectivity index (χ4n) is 3.10. The number of carbonyl (C=O) groups is 2. The van der Waals surface area contributed by atoms with Gasteiger partial charge in [0, 0.05) is 13.1 Å². The van der Waals surface area contributed by atoms with Crippen LogP contribution < -0.4 is 10.6 Å². The Hall–Kier alpha value is -2.72. The van der Waals surface area contributed by atoms with Gasteiger partial charge < -0.3 is 15.1 Å². The van der Waals surface area contributed by atoms with Crippen molar-refractivity contribution in [1.29, 1.82) is 0 Å². The molecule has 10 heteroatoms. The molecule has 1 atom stereocenters. The Kier molecular flexibility index (Phi) is 6.65. The molecule has 8 nitrogen and oxygen atoms in total. The van der Waals surface area contributed by atoms with Gasteiger partial charge in [0.15, 0.2) is 0 Å². The van der Waals surface area contributed by atoms with E-state index < -0.39 is 21.8 Å². The third kappa shape index (κ3) is 5.42. The Balaban J connectivity index is 1.52. The van der Waals surface area contributed by atoms with Crippen molar-refractivity contribution in [2.24, 2.45) is 5.92 Å². The number of piperidine rings is 1. The first-order valence-corrected chi connectivity index (χ1v) is 10.6. The van der Waals surface area contributed by atoms with Crippen LogP contribution in [0.25, 0.3) is 0 Å². The van der Waals surface area contributed by atoms with E-state index in [0.717, 1.165) is 12.1 Å². The number of sulfonamides is 1. The summed E-state index contributed by atoms with van der Waals surface area (Å²) in [5.41, 5.74) is 0. The highest BCUT2D eigenvalue weighted by Crippen LogP contribution is 2.24. The van der Waals surface area contributed by atoms with E-state index in [0.29, 0.717) is 18.6 Å². The van der Waals surface area contributed by atoms with E-state index in [1.165, 1.54) is 22.7 Å². The molecular formula is C19H22FN3O5S. The molecule has 1 aliphatic rings. The van der Waals surface area contributed by atoms with Crippen LogP contribution in [-0.4, -0.2) is 44.2 Å². The van der Waals surface area contributed by atoms with Gasteiger partial charge in [-0.2, -0.15) is 4.31 Å². The van der Waals surface area contributed by atoms with Crippen LogP contribution in [0.5, 0.6) is 0 Å². The second kappa shape index (κ2) is 9.19. The van der Waals surface area contributed by atoms with Gasteiger partial charge in [0.2, 0.25) is 21.8 Å². The van der Waals surface area contributed by atoms with Crippen LogP contribution in [0.1, 0.15) is 18.6 Å². The monoisotopic (exact) mass is 423 g/mol. The van der Waals surface area contributed by atoms with E-state index in [1.807, 2.05) is 0 Å². The van der Waals surface area contributed by atoms with Crippen LogP contribution in [-0.2, 0) is 26.2 Å². The number of rotatable bonds is 7. The van der Waals surface area contributed by atoms with Crippen LogP contribution in [0.15, 0.2) is 52.0 Å². The zero-order chi connectivity index (χ0) is 20.9. The van der Waals surface area contributed by atoms with Crippen molar-refractivity contribution in [3.63, 3.8) is 0 Å². The summed E-state index contributed by atoms with van der Waals surface area (Å²) in [5, 5.41) is 5.17. The molecule has 3 rings (SSSR count). The summed E-state index contributed by atoms with van der Waals surface area (Å²) < 4.78 is 44.9. The molecule has 29 heavy (non-hydrogen) atoms. The number of nitrogens with one attached hydrogen (secondary N) is 2. The Bertz CT molecular complexity index is 945. The summed E-state index contributed by atoms with van der Waals surface area (Å²) in [4.78, 5) is 24.2. The molecular weight excluding hydrogens is 401 g/mol. The molecule has 2 amide bonds. The lowest BCUT2D eigenvalue weighted by Gasteiger charge is -2.31. The molecule has 1 fully saturated rings. The van der Waals surface area contributed by atoms with E-state index >= 15 is 0 Å². The van der Waals surface area contributed by atoms with Crippen LogP contribution in [0.2, 0.25) is 0 Å². The number of carbonyl (C=O) groups excluding carboxylic acids is 2. The average Bonchev–Trinajstić information content (AvgIpc) is 3.24. The van der Waals surface area contributed by atoms with Gasteiger partial charge in [-0.3, -0.25) is 9.59 Å². The van der Waals surface area contributed by atoms with Gasteiger partial charge in [-0.1, -0.05) is 0 Å². The summed E-state index contributed by atoms with van der Waals surface area (Å²) in [6.07, 6.45) is 2.54. The standard InChI is InChI=1S/C19H22FN3O5S/c20-15-5-7-17(8-6-15)29(26,27)23-9-1-3-14(13-23)19(25)22-12-18(24)21-11-16-4-2-10-28-16/h2,4-8,10,14H,1,3,9,11-13H2,(H,21,24)(H,22,25)/t14-/m0/s1. The van der Waals surface area contributed by atoms with E-state index in [1.54, 1.807) is 12.1 Å². The first-order chi connectivity index (χ1) is 13.9. The normalized spacial score (nSPS) is 17.6. The van der Waals surface area contributed by atoms with E-state index in [9.17, 15) is 22.4 Å². The van der Waals surface area contributed by atoms with Crippen molar-refractivity contribution in [3.05, 3.63) is 54.2 Å². The maximum Gasteiger partial charge on any atom is 0.243 e. The number of nitrogens with zero attached hydrogens (tertiary/aromatic N) is 1. The van der Waals surface area contributed by atoms with Gasteiger partial charge in [-0.15, -0.1) is 0 Å². The zero-order valence-electron chi connectivity index (χ0n) is 15.6. The Labute approximate surface area is 168 Å². The number of hydrogen-bond donors (Lipinski definition) is 2. The van der Waals surface area contributed by atoms with E-state index in [4.69, 9.17) is 4.42 Å². The molecule has 1 saturated heterocycles. The summed E-state index contributed by atoms with van der Waals surface area (Å²) in [7, 11) is -3.81. The van der Waals surface area contributed by atoms with Gasteiger partial charge >= 0.3 is 0 Å². The zero-order valence-corrected chi connectivity index (χ0v) is 16.5. The van der Waals surface area contributed by atoms with Gasteiger partial charge in [-0.25, -0.2) is 12.8 Å². The Morgan fingerprint density at radius 1 is 1.17 bits per heavy atom. The smallest absolute Gasteiger partial charge is 0.243 e. The first-order valence-electron chi connectivity index (χ1n) is 9.19. The molecule has 156 valence electrons. The predicted molar refractivity (Wildman–Crippen MR) is 101 cm³/mol. The van der Waals surface area contributed by atoms with Crippen LogP contribution in [0, 0.1) is 11.7 Å². The molecule has 0 saturated carbocycles. The molecule has 0 unspecified atom stereocenters. The second-order valence-electron chi connectivity index (χ2n) is 6.73. The minimum atomic E-state index is -3.81. The third-order valence-electron chi connectivity index (χ3n) is 4.67. The van der Waals surface area contributed by atoms with Crippen molar-refractivity contribution in [2.75, 3.05) is 19.6 Å². The minimum absolute atomic E-state index is 0.0134. The lowest BCUT2D eigenvalue weighted by molar-refractivity contribution is -0.129. The van der Waals surface area contributed by atoms with Gasteiger partial charge in [0.05, 0.1) is 30.2 Å². The molecule has 0 spiro atoms. The number of benzene rings is 1. The van der Waals surface area contributed by atoms with Crippen LogP contribution in [0.3, 0.4) is 0 Å². The molecule has 2 aromatic rings. The average molecular weight is 423 g/mol. The number of hydrogen-bond acceptors (Lipinski definition) is 5. The molecule has 0 bridgehead atoms. The fourth-order valence-corrected chi connectivity index (χ4v) is 4.63. The van der Waals surface area contributed by atoms with Gasteiger partial charge in [0.25, 0.3) is 0 Å². The lowest BCUT2D eigenvalue weighted by Crippen LogP contribution is -2.47. The summed E-state index contributed by atoms with van der Waals surface area (Å²) >= 11 is 0. The quantitative estimate of drug-likeness (QED) is 0.697. The molecule has 1 aromatic heterocycles. The Morgan fingerprint density at radius 2 is 1.93 bits per heavy atom. The van der Waals surface area contributed by atoms with Crippen LogP contribution in [0.4, 0.5) is 4.39 Å². The number of amides is 2. The highest BCUT2D eigenvalue weighted by Gasteiger charge is 2.33. The van der Waals surface area contributed by atoms with E-state index in [2.05, 4.69) is 10.6 Å². The van der Waals surface area contributed by atoms with Crippen molar-refractivity contribution in [1.82, 2.24) is 14.9 Å². The second-order valence-corrected chi connectivity index (χ2v) is 8.67. The SMILES string of the molecule is O=C(CNC(=O)[C@H]1CCCN(S(=O)(=O)c2ccc(F)cc2)C1)NCc1ccco1. The molecule has 1 aliphatic heterocycles. The summed E-state index contributed by atoms with van der Waals surface area (Å²) in [6.45, 7) is 0.308. The van der Waals surface area contributed by atoms with Crippen molar-refractivity contribution < 1.29 is 26.8 Å². The highest BCUT2D eigenvalue weighted by atomic mass is 32.2. The van der Waals surface area contributed by atoms with Gasteiger partial charge in [-0.05, 0) is 49.2 Å². The topological polar surface area (TPSA) is 109 Å². The number of furan rings is 1. The Morgan fingerprint density at radius 3 is 2.62 bits per heavy atom. The van der Waals surface area contributed by atoms with E-state index in [-0.39, 0.29) is 42.9 Å². The maximum absolute atomic E-state index is 13.1. The molecule has 2 heterocycles. The summed E-state index contributed by atoms with van der Waals surface area (Å²) in [6, 6.07) is 8.01. The number of halogens is 1. The molecule has 1 aromatic carbocycles. The molecule has 2 N–H and O–H groups in total. The maximum atomic E-state index is 13.1. The third-order valence-corrected chi connectivity index (χ3v) is 6.55. The highest BCUT2D eigenvalue weighted by molar-refractivity contribution is 7.89. The molecule has 0 aliphatic carbocycles. The van der Waals surface area contributed by atoms with Crippen LogP contribution >= 0.6 is 0 Å². The van der Waals surface area contributed by atoms with Crippen molar-refractivity contribution in [3.8, 4) is 0 Å². The largest absolute Gasteiger partial charge is 0.467 e. The lowest BCUT2D eigenvalue weighted by atomic mass is 9.99. The van der Waals surface area contributed by atoms with Crippen molar-refractivity contribution in [2.45, 2.75) is 24.3 Å². The predicted octanol–water partition coefficient (Wildman–Crippen LogP) is 1.25. The fraction of sp³-hybridized carbons (Fsp3) is 0.368. The van der Waals surface area contributed by atoms with Crippen molar-refractivity contribution >= 4 is 21.8 Å². The van der Waals surface area contributed by atoms with Gasteiger partial charge in [0.1, 0.15) is 11.6 Å². The summed E-state index contributed by atoms with van der Waals surface area (Å²) in [5.74, 6) is -1.24. The minimum Gasteiger partial charge on any atom is -0.467 e.